The third kappa shape index (κ3) is 3.98. The molecule has 116 valence electrons. The van der Waals surface area contributed by atoms with E-state index >= 15 is 0 Å². The molecule has 1 aliphatic carbocycles. The number of aliphatic hydroxyl groups is 1. The molecule has 0 spiro atoms. The number of aliphatic hydroxyl groups excluding tert-OH is 1. The summed E-state index contributed by atoms with van der Waals surface area (Å²) in [4.78, 5) is 12.5. The first-order chi connectivity index (χ1) is 9.75. The van der Waals surface area contributed by atoms with E-state index in [1.54, 1.807) is 6.92 Å². The van der Waals surface area contributed by atoms with Crippen LogP contribution >= 0.6 is 11.6 Å². The molecule has 0 aliphatic heterocycles. The summed E-state index contributed by atoms with van der Waals surface area (Å²) >= 11 is 5.91. The zero-order valence-electron chi connectivity index (χ0n) is 12.9. The molecule has 3 nitrogen and oxygen atoms in total. The van der Waals surface area contributed by atoms with Gasteiger partial charge in [0, 0.05) is 11.6 Å². The van der Waals surface area contributed by atoms with Gasteiger partial charge in [-0.25, -0.2) is 0 Å². The second kappa shape index (κ2) is 5.98. The van der Waals surface area contributed by atoms with Crippen LogP contribution in [0.5, 0.6) is 0 Å². The molecule has 21 heavy (non-hydrogen) atoms. The first-order valence-electron chi connectivity index (χ1n) is 7.48. The Morgan fingerprint density at radius 2 is 1.95 bits per heavy atom. The van der Waals surface area contributed by atoms with Gasteiger partial charge >= 0.3 is 0 Å². The fraction of sp³-hybridized carbons (Fsp3) is 0.588. The topological polar surface area (TPSA) is 49.3 Å². The predicted octanol–water partition coefficient (Wildman–Crippen LogP) is 3.28. The average Bonchev–Trinajstić information content (AvgIpc) is 3.17. The number of hydrogen-bond acceptors (Lipinski definition) is 2. The molecule has 1 saturated carbocycles. The van der Waals surface area contributed by atoms with Gasteiger partial charge in [0.2, 0.25) is 5.91 Å². The van der Waals surface area contributed by atoms with Crippen molar-refractivity contribution >= 4 is 17.5 Å². The lowest BCUT2D eigenvalue weighted by Gasteiger charge is -2.27. The highest BCUT2D eigenvalue weighted by atomic mass is 35.5. The van der Waals surface area contributed by atoms with E-state index < -0.39 is 0 Å². The molecule has 1 aliphatic rings. The van der Waals surface area contributed by atoms with Gasteiger partial charge in [0.25, 0.3) is 0 Å². The molecule has 1 fully saturated rings. The molecule has 1 aromatic rings. The molecule has 1 unspecified atom stereocenters. The minimum absolute atomic E-state index is 0.0866. The summed E-state index contributed by atoms with van der Waals surface area (Å²) in [6.45, 7) is 6.47. The molecule has 4 heteroatoms. The highest BCUT2D eigenvalue weighted by Gasteiger charge is 2.51. The zero-order valence-corrected chi connectivity index (χ0v) is 13.7. The Bertz CT molecular complexity index is 504. The van der Waals surface area contributed by atoms with Crippen LogP contribution in [0.3, 0.4) is 0 Å². The number of benzene rings is 1. The van der Waals surface area contributed by atoms with Crippen LogP contribution < -0.4 is 5.32 Å². The number of hydrogen-bond donors (Lipinski definition) is 2. The summed E-state index contributed by atoms with van der Waals surface area (Å²) in [7, 11) is 0. The van der Waals surface area contributed by atoms with Gasteiger partial charge in [-0.2, -0.15) is 0 Å². The summed E-state index contributed by atoms with van der Waals surface area (Å²) in [6.07, 6.45) is 2.08. The van der Waals surface area contributed by atoms with E-state index in [-0.39, 0.29) is 22.8 Å². The number of amides is 1. The Morgan fingerprint density at radius 3 is 2.43 bits per heavy atom. The second-order valence-electron chi connectivity index (χ2n) is 6.99. The van der Waals surface area contributed by atoms with E-state index in [2.05, 4.69) is 19.2 Å². The fourth-order valence-corrected chi connectivity index (χ4v) is 3.03. The molecular weight excluding hydrogens is 286 g/mol. The molecule has 1 aromatic carbocycles. The predicted molar refractivity (Wildman–Crippen MR) is 85.5 cm³/mol. The van der Waals surface area contributed by atoms with Gasteiger partial charge in [-0.3, -0.25) is 4.79 Å². The highest BCUT2D eigenvalue weighted by molar-refractivity contribution is 6.30. The van der Waals surface area contributed by atoms with Crippen molar-refractivity contribution < 1.29 is 9.90 Å². The molecule has 0 radical (unpaired) electrons. The third-order valence-electron chi connectivity index (χ3n) is 4.16. The maximum absolute atomic E-state index is 12.5. The molecule has 0 saturated heterocycles. The SMILES string of the molecule is CC(O)CC(C)(C)CNC(=O)C1(c2ccc(Cl)cc2)CC1. The zero-order chi connectivity index (χ0) is 15.7. The first-order valence-corrected chi connectivity index (χ1v) is 7.85. The van der Waals surface area contributed by atoms with Gasteiger partial charge < -0.3 is 10.4 Å². The van der Waals surface area contributed by atoms with Crippen LogP contribution in [0.1, 0.15) is 45.6 Å². The summed E-state index contributed by atoms with van der Waals surface area (Å²) in [6, 6.07) is 7.55. The van der Waals surface area contributed by atoms with Crippen LogP contribution in [-0.2, 0) is 10.2 Å². The molecule has 0 bridgehead atoms. The molecule has 2 N–H and O–H groups in total. The van der Waals surface area contributed by atoms with Crippen molar-refractivity contribution in [3.8, 4) is 0 Å². The average molecular weight is 310 g/mol. The van der Waals surface area contributed by atoms with Gasteiger partial charge in [0.15, 0.2) is 0 Å². The number of carbonyl (C=O) groups is 1. The maximum atomic E-state index is 12.5. The Morgan fingerprint density at radius 1 is 1.38 bits per heavy atom. The molecule has 2 rings (SSSR count). The van der Waals surface area contributed by atoms with Gasteiger partial charge in [0.05, 0.1) is 11.5 Å². The Kier molecular flexibility index (Phi) is 4.64. The van der Waals surface area contributed by atoms with E-state index in [1.165, 1.54) is 0 Å². The van der Waals surface area contributed by atoms with E-state index in [1.807, 2.05) is 24.3 Å². The van der Waals surface area contributed by atoms with Gasteiger partial charge in [-0.05, 0) is 49.3 Å². The Balaban J connectivity index is 1.99. The summed E-state index contributed by atoms with van der Waals surface area (Å²) in [5.74, 6) is 0.0866. The van der Waals surface area contributed by atoms with E-state index in [4.69, 9.17) is 11.6 Å². The van der Waals surface area contributed by atoms with Crippen molar-refractivity contribution in [2.45, 2.75) is 51.6 Å². The summed E-state index contributed by atoms with van der Waals surface area (Å²) in [5.41, 5.74) is 0.559. The molecule has 1 amide bonds. The molecule has 0 heterocycles. The normalized spacial score (nSPS) is 18.1. The Hall–Kier alpha value is -1.06. The standard InChI is InChI=1S/C17H24ClNO2/c1-12(20)10-16(2,3)11-19-15(21)17(8-9-17)13-4-6-14(18)7-5-13/h4-7,12,20H,8-11H2,1-3H3,(H,19,21). The van der Waals surface area contributed by atoms with Crippen LogP contribution in [0.2, 0.25) is 5.02 Å². The van der Waals surface area contributed by atoms with Crippen molar-refractivity contribution in [1.82, 2.24) is 5.32 Å². The van der Waals surface area contributed by atoms with Gasteiger partial charge in [-0.15, -0.1) is 0 Å². The molecular formula is C17H24ClNO2. The van der Waals surface area contributed by atoms with Crippen LogP contribution in [0, 0.1) is 5.41 Å². The number of nitrogens with one attached hydrogen (secondary N) is 1. The van der Waals surface area contributed by atoms with Gasteiger partial charge in [0.1, 0.15) is 0 Å². The largest absolute Gasteiger partial charge is 0.393 e. The van der Waals surface area contributed by atoms with Crippen molar-refractivity contribution in [3.05, 3.63) is 34.9 Å². The lowest BCUT2D eigenvalue weighted by atomic mass is 9.86. The Labute approximate surface area is 131 Å². The minimum Gasteiger partial charge on any atom is -0.393 e. The van der Waals surface area contributed by atoms with Crippen LogP contribution in [-0.4, -0.2) is 23.7 Å². The van der Waals surface area contributed by atoms with Crippen LogP contribution in [0.25, 0.3) is 0 Å². The lowest BCUT2D eigenvalue weighted by Crippen LogP contribution is -2.41. The fourth-order valence-electron chi connectivity index (χ4n) is 2.90. The number of rotatable bonds is 6. The number of carbonyl (C=O) groups excluding carboxylic acids is 1. The maximum Gasteiger partial charge on any atom is 0.230 e. The molecule has 0 aromatic heterocycles. The highest BCUT2D eigenvalue weighted by Crippen LogP contribution is 2.48. The van der Waals surface area contributed by atoms with Crippen molar-refractivity contribution in [2.75, 3.05) is 6.54 Å². The van der Waals surface area contributed by atoms with E-state index in [0.29, 0.717) is 18.0 Å². The minimum atomic E-state index is -0.370. The summed E-state index contributed by atoms with van der Waals surface area (Å²) < 4.78 is 0. The molecule has 1 atom stereocenters. The monoisotopic (exact) mass is 309 g/mol. The number of halogens is 1. The van der Waals surface area contributed by atoms with E-state index in [0.717, 1.165) is 18.4 Å². The first kappa shape index (κ1) is 16.3. The van der Waals surface area contributed by atoms with Crippen molar-refractivity contribution in [3.63, 3.8) is 0 Å². The van der Waals surface area contributed by atoms with E-state index in [9.17, 15) is 9.90 Å². The summed E-state index contributed by atoms with van der Waals surface area (Å²) in [5, 5.41) is 13.3. The van der Waals surface area contributed by atoms with Crippen LogP contribution in [0.15, 0.2) is 24.3 Å². The third-order valence-corrected chi connectivity index (χ3v) is 4.41. The van der Waals surface area contributed by atoms with Crippen molar-refractivity contribution in [1.29, 1.82) is 0 Å². The van der Waals surface area contributed by atoms with Gasteiger partial charge in [-0.1, -0.05) is 37.6 Å². The second-order valence-corrected chi connectivity index (χ2v) is 7.43. The van der Waals surface area contributed by atoms with Crippen LogP contribution in [0.4, 0.5) is 0 Å². The smallest absolute Gasteiger partial charge is 0.230 e. The van der Waals surface area contributed by atoms with Crippen molar-refractivity contribution in [2.24, 2.45) is 5.41 Å². The lowest BCUT2D eigenvalue weighted by molar-refractivity contribution is -0.124. The quantitative estimate of drug-likeness (QED) is 0.847.